The largest absolute Gasteiger partial charge is 0.399 e. The molecule has 0 aliphatic heterocycles. The number of aromatic nitrogens is 5. The average molecular weight is 412 g/mol. The Labute approximate surface area is 169 Å². The van der Waals surface area contributed by atoms with E-state index in [9.17, 15) is 4.79 Å². The van der Waals surface area contributed by atoms with Crippen molar-refractivity contribution in [3.8, 4) is 16.4 Å². The van der Waals surface area contributed by atoms with Crippen molar-refractivity contribution in [3.63, 3.8) is 0 Å². The maximum atomic E-state index is 12.4. The second kappa shape index (κ2) is 7.75. The number of hydrogen-bond acceptors (Lipinski definition) is 7. The fourth-order valence-corrected chi connectivity index (χ4v) is 3.44. The van der Waals surface area contributed by atoms with Gasteiger partial charge in [0.1, 0.15) is 15.6 Å². The Hall–Kier alpha value is -3.30. The number of benzene rings is 1. The van der Waals surface area contributed by atoms with Gasteiger partial charge in [-0.3, -0.25) is 4.79 Å². The number of anilines is 1. The van der Waals surface area contributed by atoms with Crippen molar-refractivity contribution < 1.29 is 4.79 Å². The number of nitrogen functional groups attached to an aromatic ring is 1. The van der Waals surface area contributed by atoms with Crippen LogP contribution >= 0.6 is 22.9 Å². The van der Waals surface area contributed by atoms with Crippen molar-refractivity contribution in [2.45, 2.75) is 6.54 Å². The summed E-state index contributed by atoms with van der Waals surface area (Å²) < 4.78 is 1.50. The molecular weight excluding hydrogens is 398 g/mol. The van der Waals surface area contributed by atoms with Crippen molar-refractivity contribution in [3.05, 3.63) is 70.6 Å². The molecular formula is C18H14ClN7OS. The van der Waals surface area contributed by atoms with E-state index in [-0.39, 0.29) is 12.5 Å². The molecule has 0 unspecified atom stereocenters. The van der Waals surface area contributed by atoms with Gasteiger partial charge in [-0.05, 0) is 18.2 Å². The van der Waals surface area contributed by atoms with Crippen molar-refractivity contribution in [1.29, 1.82) is 0 Å². The lowest BCUT2D eigenvalue weighted by atomic mass is 10.2. The minimum absolute atomic E-state index is 0.227. The predicted molar refractivity (Wildman–Crippen MR) is 107 cm³/mol. The first kappa shape index (κ1) is 18.1. The Bertz CT molecular complexity index is 1140. The highest BCUT2D eigenvalue weighted by atomic mass is 35.5. The average Bonchev–Trinajstić information content (AvgIpc) is 3.36. The molecule has 0 aliphatic rings. The lowest BCUT2D eigenvalue weighted by molar-refractivity contribution is 0.0954. The molecule has 0 radical (unpaired) electrons. The zero-order valence-electron chi connectivity index (χ0n) is 14.4. The molecule has 0 aliphatic carbocycles. The molecule has 3 N–H and O–H groups in total. The van der Waals surface area contributed by atoms with Gasteiger partial charge in [0.2, 0.25) is 0 Å². The molecule has 0 spiro atoms. The van der Waals surface area contributed by atoms with Crippen LogP contribution in [-0.2, 0) is 6.54 Å². The van der Waals surface area contributed by atoms with Crippen molar-refractivity contribution in [2.24, 2.45) is 0 Å². The van der Waals surface area contributed by atoms with Gasteiger partial charge in [-0.2, -0.15) is 0 Å². The molecule has 0 fully saturated rings. The molecule has 3 aromatic heterocycles. The third-order valence-electron chi connectivity index (χ3n) is 3.78. The summed E-state index contributed by atoms with van der Waals surface area (Å²) in [6.07, 6.45) is 4.82. The van der Waals surface area contributed by atoms with Gasteiger partial charge < -0.3 is 11.1 Å². The van der Waals surface area contributed by atoms with Crippen LogP contribution in [0.3, 0.4) is 0 Å². The van der Waals surface area contributed by atoms with Gasteiger partial charge in [0, 0.05) is 28.5 Å². The van der Waals surface area contributed by atoms with Crippen molar-refractivity contribution in [1.82, 2.24) is 30.3 Å². The number of rotatable bonds is 5. The minimum atomic E-state index is -0.233. The Morgan fingerprint density at radius 2 is 2.14 bits per heavy atom. The van der Waals surface area contributed by atoms with Crippen LogP contribution in [-0.4, -0.2) is 30.9 Å². The highest BCUT2D eigenvalue weighted by Gasteiger charge is 2.13. The van der Waals surface area contributed by atoms with Crippen LogP contribution in [0.2, 0.25) is 5.02 Å². The number of carbonyl (C=O) groups is 1. The normalized spacial score (nSPS) is 10.8. The molecule has 0 saturated heterocycles. The van der Waals surface area contributed by atoms with Crippen LogP contribution in [0.5, 0.6) is 0 Å². The number of halogens is 1. The first-order chi connectivity index (χ1) is 13.6. The standard InChI is InChI=1S/C18H14ClN7OS/c19-12-4-5-21-16(7-12)26-10-14(24-25-26)8-22-17(27)15-9-23-18(28-15)11-2-1-3-13(20)6-11/h1-7,9-10H,8,20H2,(H,22,27). The van der Waals surface area contributed by atoms with Gasteiger partial charge >= 0.3 is 0 Å². The van der Waals surface area contributed by atoms with E-state index in [2.05, 4.69) is 25.6 Å². The number of nitrogens with zero attached hydrogens (tertiary/aromatic N) is 5. The summed E-state index contributed by atoms with van der Waals surface area (Å²) in [7, 11) is 0. The maximum Gasteiger partial charge on any atom is 0.263 e. The van der Waals surface area contributed by atoms with Gasteiger partial charge in [-0.1, -0.05) is 28.9 Å². The summed E-state index contributed by atoms with van der Waals surface area (Å²) in [5.41, 5.74) is 7.92. The van der Waals surface area contributed by atoms with E-state index in [0.29, 0.717) is 27.1 Å². The van der Waals surface area contributed by atoms with Crippen LogP contribution < -0.4 is 11.1 Å². The Morgan fingerprint density at radius 1 is 1.25 bits per heavy atom. The van der Waals surface area contributed by atoms with E-state index in [4.69, 9.17) is 17.3 Å². The van der Waals surface area contributed by atoms with E-state index >= 15 is 0 Å². The third kappa shape index (κ3) is 4.00. The Balaban J connectivity index is 1.41. The summed E-state index contributed by atoms with van der Waals surface area (Å²) in [4.78, 5) is 21.4. The predicted octanol–water partition coefficient (Wildman–Crippen LogP) is 2.95. The molecule has 140 valence electrons. The zero-order chi connectivity index (χ0) is 19.5. The molecule has 1 amide bonds. The molecule has 3 heterocycles. The van der Waals surface area contributed by atoms with E-state index in [1.54, 1.807) is 36.8 Å². The molecule has 8 nitrogen and oxygen atoms in total. The fourth-order valence-electron chi connectivity index (χ4n) is 2.45. The first-order valence-electron chi connectivity index (χ1n) is 8.21. The number of thiazole rings is 1. The number of carbonyl (C=O) groups excluding carboxylic acids is 1. The molecule has 28 heavy (non-hydrogen) atoms. The van der Waals surface area contributed by atoms with Crippen molar-refractivity contribution >= 4 is 34.5 Å². The number of hydrogen-bond donors (Lipinski definition) is 2. The van der Waals surface area contributed by atoms with E-state index in [0.717, 1.165) is 10.6 Å². The number of amides is 1. The molecule has 0 atom stereocenters. The lowest BCUT2D eigenvalue weighted by Gasteiger charge is -2.00. The van der Waals surface area contributed by atoms with Crippen LogP contribution in [0.25, 0.3) is 16.4 Å². The SMILES string of the molecule is Nc1cccc(-c2ncc(C(=O)NCc3cn(-c4cc(Cl)ccn4)nn3)s2)c1. The van der Waals surface area contributed by atoms with E-state index < -0.39 is 0 Å². The highest BCUT2D eigenvalue weighted by Crippen LogP contribution is 2.26. The van der Waals surface area contributed by atoms with Gasteiger partial charge in [0.15, 0.2) is 5.82 Å². The fraction of sp³-hybridized carbons (Fsp3) is 0.0556. The lowest BCUT2D eigenvalue weighted by Crippen LogP contribution is -2.22. The second-order valence-electron chi connectivity index (χ2n) is 5.82. The van der Waals surface area contributed by atoms with Gasteiger partial charge in [0.25, 0.3) is 5.91 Å². The smallest absolute Gasteiger partial charge is 0.263 e. The van der Waals surface area contributed by atoms with Crippen LogP contribution in [0.4, 0.5) is 5.69 Å². The topological polar surface area (TPSA) is 112 Å². The quantitative estimate of drug-likeness (QED) is 0.488. The van der Waals surface area contributed by atoms with Crippen LogP contribution in [0.1, 0.15) is 15.4 Å². The van der Waals surface area contributed by atoms with Gasteiger partial charge in [-0.15, -0.1) is 16.4 Å². The second-order valence-corrected chi connectivity index (χ2v) is 7.29. The monoisotopic (exact) mass is 411 g/mol. The van der Waals surface area contributed by atoms with E-state index in [1.165, 1.54) is 16.0 Å². The van der Waals surface area contributed by atoms with Crippen molar-refractivity contribution in [2.75, 3.05) is 5.73 Å². The molecule has 1 aromatic carbocycles. The van der Waals surface area contributed by atoms with Gasteiger partial charge in [-0.25, -0.2) is 14.6 Å². The summed E-state index contributed by atoms with van der Waals surface area (Å²) in [5, 5.41) is 12.1. The molecule has 10 heteroatoms. The zero-order valence-corrected chi connectivity index (χ0v) is 16.0. The summed E-state index contributed by atoms with van der Waals surface area (Å²) in [6, 6.07) is 10.7. The number of pyridine rings is 1. The Kier molecular flexibility index (Phi) is 5.00. The maximum absolute atomic E-state index is 12.4. The molecule has 4 aromatic rings. The van der Waals surface area contributed by atoms with Crippen LogP contribution in [0, 0.1) is 0 Å². The summed E-state index contributed by atoms with van der Waals surface area (Å²) in [6.45, 7) is 0.227. The summed E-state index contributed by atoms with van der Waals surface area (Å²) >= 11 is 7.25. The first-order valence-corrected chi connectivity index (χ1v) is 9.41. The van der Waals surface area contributed by atoms with E-state index in [1.807, 2.05) is 18.2 Å². The minimum Gasteiger partial charge on any atom is -0.399 e. The molecule has 0 saturated carbocycles. The number of nitrogens with two attached hydrogens (primary N) is 1. The van der Waals surface area contributed by atoms with Gasteiger partial charge in [0.05, 0.1) is 18.9 Å². The molecule has 4 rings (SSSR count). The Morgan fingerprint density at radius 3 is 2.96 bits per heavy atom. The number of nitrogens with one attached hydrogen (secondary N) is 1. The highest BCUT2D eigenvalue weighted by molar-refractivity contribution is 7.16. The summed E-state index contributed by atoms with van der Waals surface area (Å²) in [5.74, 6) is 0.315. The van der Waals surface area contributed by atoms with Crippen LogP contribution in [0.15, 0.2) is 55.0 Å². The molecule has 0 bridgehead atoms. The third-order valence-corrected chi connectivity index (χ3v) is 5.06.